The summed E-state index contributed by atoms with van der Waals surface area (Å²) < 4.78 is 23.9. The fourth-order valence-electron chi connectivity index (χ4n) is 2.47. The molecule has 2 heterocycles. The van der Waals surface area contributed by atoms with Gasteiger partial charge in [0.05, 0.1) is 11.5 Å². The number of rotatable bonds is 5. The average molecular weight is 383 g/mol. The van der Waals surface area contributed by atoms with Crippen LogP contribution < -0.4 is 5.32 Å². The maximum absolute atomic E-state index is 12.2. The zero-order valence-corrected chi connectivity index (χ0v) is 15.6. The maximum atomic E-state index is 12.2. The van der Waals surface area contributed by atoms with Crippen LogP contribution in [0.15, 0.2) is 34.0 Å². The molecule has 128 valence electrons. The molecule has 1 aromatic heterocycles. The minimum absolute atomic E-state index is 0.0424. The Morgan fingerprint density at radius 2 is 2.12 bits per heavy atom. The number of benzene rings is 1. The van der Waals surface area contributed by atoms with Crippen molar-refractivity contribution in [2.45, 2.75) is 29.5 Å². The van der Waals surface area contributed by atoms with Gasteiger partial charge in [-0.15, -0.1) is 11.3 Å². The van der Waals surface area contributed by atoms with Crippen LogP contribution in [0.4, 0.5) is 0 Å². The first-order chi connectivity index (χ1) is 11.4. The van der Waals surface area contributed by atoms with Crippen molar-refractivity contribution < 1.29 is 13.2 Å². The van der Waals surface area contributed by atoms with Crippen molar-refractivity contribution in [2.75, 3.05) is 11.5 Å². The lowest BCUT2D eigenvalue weighted by Gasteiger charge is -2.11. The summed E-state index contributed by atoms with van der Waals surface area (Å²) in [4.78, 5) is 16.6. The Hall–Kier alpha value is -1.38. The molecule has 8 heteroatoms. The number of nitrogens with zero attached hydrogens (tertiary/aromatic N) is 1. The molecule has 1 atom stereocenters. The first-order valence-electron chi connectivity index (χ1n) is 7.56. The summed E-state index contributed by atoms with van der Waals surface area (Å²) in [5.41, 5.74) is 2.70. The molecule has 5 nitrogen and oxygen atoms in total. The Morgan fingerprint density at radius 3 is 2.71 bits per heavy atom. The Balaban J connectivity index is 1.54. The zero-order chi connectivity index (χ0) is 17.2. The van der Waals surface area contributed by atoms with Crippen LogP contribution in [-0.2, 0) is 15.6 Å². The van der Waals surface area contributed by atoms with E-state index in [4.69, 9.17) is 0 Å². The quantitative estimate of drug-likeness (QED) is 0.805. The maximum Gasteiger partial charge on any atom is 0.251 e. The van der Waals surface area contributed by atoms with Gasteiger partial charge in [0, 0.05) is 28.4 Å². The zero-order valence-electron chi connectivity index (χ0n) is 13.2. The van der Waals surface area contributed by atoms with Gasteiger partial charge in [0.15, 0.2) is 9.84 Å². The molecule has 2 aromatic rings. The second-order valence-electron chi connectivity index (χ2n) is 5.81. The number of thiazole rings is 1. The van der Waals surface area contributed by atoms with E-state index >= 15 is 0 Å². The number of hydrogen-bond donors (Lipinski definition) is 1. The standard InChI is InChI=1S/C16H18N2O3S3/c1-11-8-22-16(17-11)23-9-12-2-4-13(5-3-12)15(19)18-14-6-7-24(20,21)10-14/h2-5,8,14H,6-7,9-10H2,1H3,(H,18,19). The summed E-state index contributed by atoms with van der Waals surface area (Å²) in [6.07, 6.45) is 0.496. The van der Waals surface area contributed by atoms with E-state index in [1.54, 1.807) is 35.2 Å². The number of thioether (sulfide) groups is 1. The van der Waals surface area contributed by atoms with Crippen LogP contribution in [0.1, 0.15) is 28.0 Å². The van der Waals surface area contributed by atoms with Crippen LogP contribution >= 0.6 is 23.1 Å². The highest BCUT2D eigenvalue weighted by Crippen LogP contribution is 2.26. The molecule has 1 N–H and O–H groups in total. The smallest absolute Gasteiger partial charge is 0.251 e. The van der Waals surface area contributed by atoms with Gasteiger partial charge in [0.1, 0.15) is 4.34 Å². The third-order valence-electron chi connectivity index (χ3n) is 3.74. The summed E-state index contributed by atoms with van der Waals surface area (Å²) in [7, 11) is -2.98. The summed E-state index contributed by atoms with van der Waals surface area (Å²) in [6, 6.07) is 7.14. The number of hydrogen-bond acceptors (Lipinski definition) is 6. The van der Waals surface area contributed by atoms with Crippen LogP contribution in [0.25, 0.3) is 0 Å². The molecule has 24 heavy (non-hydrogen) atoms. The van der Waals surface area contributed by atoms with E-state index in [2.05, 4.69) is 10.3 Å². The first-order valence-corrected chi connectivity index (χ1v) is 11.3. The highest BCUT2D eigenvalue weighted by molar-refractivity contribution is 8.00. The molecule has 1 amide bonds. The molecule has 0 saturated carbocycles. The van der Waals surface area contributed by atoms with E-state index in [1.165, 1.54) is 0 Å². The molecule has 1 saturated heterocycles. The number of amides is 1. The van der Waals surface area contributed by atoms with Crippen LogP contribution in [0.3, 0.4) is 0 Å². The van der Waals surface area contributed by atoms with Crippen molar-refractivity contribution in [1.29, 1.82) is 0 Å². The Morgan fingerprint density at radius 1 is 1.38 bits per heavy atom. The minimum atomic E-state index is -2.98. The molecule has 1 fully saturated rings. The van der Waals surface area contributed by atoms with Gasteiger partial charge >= 0.3 is 0 Å². The second-order valence-corrected chi connectivity index (χ2v) is 10.1. The van der Waals surface area contributed by atoms with Gasteiger partial charge in [-0.2, -0.15) is 0 Å². The highest BCUT2D eigenvalue weighted by Gasteiger charge is 2.29. The topological polar surface area (TPSA) is 76.1 Å². The molecule has 1 unspecified atom stereocenters. The van der Waals surface area contributed by atoms with Crippen molar-refractivity contribution in [1.82, 2.24) is 10.3 Å². The monoisotopic (exact) mass is 382 g/mol. The van der Waals surface area contributed by atoms with Crippen LogP contribution in [0.2, 0.25) is 0 Å². The highest BCUT2D eigenvalue weighted by atomic mass is 32.2. The third kappa shape index (κ3) is 4.58. The normalized spacial score (nSPS) is 19.3. The van der Waals surface area contributed by atoms with Crippen LogP contribution in [-0.4, -0.2) is 36.9 Å². The SMILES string of the molecule is Cc1csc(SCc2ccc(C(=O)NC3CCS(=O)(=O)C3)cc2)n1. The molecule has 1 aliphatic rings. The van der Waals surface area contributed by atoms with Gasteiger partial charge < -0.3 is 5.32 Å². The molecular weight excluding hydrogens is 364 g/mol. The average Bonchev–Trinajstić information content (AvgIpc) is 3.11. The molecule has 0 spiro atoms. The number of aromatic nitrogens is 1. The fourth-order valence-corrected chi connectivity index (χ4v) is 5.95. The summed E-state index contributed by atoms with van der Waals surface area (Å²) in [5.74, 6) is 0.785. The number of carbonyl (C=O) groups excluding carboxylic acids is 1. The van der Waals surface area contributed by atoms with Crippen molar-refractivity contribution >= 4 is 38.8 Å². The van der Waals surface area contributed by atoms with E-state index in [0.29, 0.717) is 12.0 Å². The lowest BCUT2D eigenvalue weighted by atomic mass is 10.1. The van der Waals surface area contributed by atoms with Gasteiger partial charge in [-0.25, -0.2) is 13.4 Å². The molecule has 1 aromatic carbocycles. The van der Waals surface area contributed by atoms with Gasteiger partial charge in [0.25, 0.3) is 5.91 Å². The van der Waals surface area contributed by atoms with E-state index < -0.39 is 9.84 Å². The van der Waals surface area contributed by atoms with Crippen molar-refractivity contribution in [3.8, 4) is 0 Å². The van der Waals surface area contributed by atoms with E-state index in [1.807, 2.05) is 24.4 Å². The minimum Gasteiger partial charge on any atom is -0.348 e. The Kier molecular flexibility index (Phi) is 5.27. The number of carbonyl (C=O) groups is 1. The Bertz CT molecular complexity index is 829. The molecular formula is C16H18N2O3S3. The fraction of sp³-hybridized carbons (Fsp3) is 0.375. The first kappa shape index (κ1) is 17.4. The number of aryl methyl sites for hydroxylation is 1. The predicted molar refractivity (Wildman–Crippen MR) is 97.4 cm³/mol. The largest absolute Gasteiger partial charge is 0.348 e. The Labute approximate surface area is 149 Å². The molecule has 0 bridgehead atoms. The van der Waals surface area contributed by atoms with Gasteiger partial charge in [-0.05, 0) is 31.0 Å². The van der Waals surface area contributed by atoms with Gasteiger partial charge in [-0.3, -0.25) is 4.79 Å². The lowest BCUT2D eigenvalue weighted by molar-refractivity contribution is 0.0941. The van der Waals surface area contributed by atoms with Gasteiger partial charge in [0.2, 0.25) is 0 Å². The van der Waals surface area contributed by atoms with Crippen LogP contribution in [0.5, 0.6) is 0 Å². The number of sulfone groups is 1. The van der Waals surface area contributed by atoms with Crippen molar-refractivity contribution in [3.05, 3.63) is 46.5 Å². The molecule has 3 rings (SSSR count). The predicted octanol–water partition coefficient (Wildman–Crippen LogP) is 2.66. The number of nitrogens with one attached hydrogen (secondary N) is 1. The van der Waals surface area contributed by atoms with Crippen LogP contribution in [0, 0.1) is 6.92 Å². The molecule has 0 radical (unpaired) electrons. The van der Waals surface area contributed by atoms with Crippen molar-refractivity contribution in [3.63, 3.8) is 0 Å². The van der Waals surface area contributed by atoms with E-state index in [-0.39, 0.29) is 23.5 Å². The lowest BCUT2D eigenvalue weighted by Crippen LogP contribution is -2.35. The summed E-state index contributed by atoms with van der Waals surface area (Å²) in [6.45, 7) is 1.98. The third-order valence-corrected chi connectivity index (χ3v) is 7.72. The van der Waals surface area contributed by atoms with Gasteiger partial charge in [-0.1, -0.05) is 23.9 Å². The summed E-state index contributed by atoms with van der Waals surface area (Å²) >= 11 is 3.31. The molecule has 0 aliphatic carbocycles. The second kappa shape index (κ2) is 7.25. The summed E-state index contributed by atoms with van der Waals surface area (Å²) in [5, 5.41) is 4.83. The van der Waals surface area contributed by atoms with Crippen molar-refractivity contribution in [2.24, 2.45) is 0 Å². The van der Waals surface area contributed by atoms with E-state index in [9.17, 15) is 13.2 Å². The van der Waals surface area contributed by atoms with E-state index in [0.717, 1.165) is 21.3 Å². The molecule has 1 aliphatic heterocycles.